The van der Waals surface area contributed by atoms with Crippen molar-refractivity contribution >= 4 is 61.5 Å². The van der Waals surface area contributed by atoms with Gasteiger partial charge in [-0.1, -0.05) is 6.92 Å². The Labute approximate surface area is 142 Å². The minimum absolute atomic E-state index is 0.563. The molecule has 2 rings (SSSR count). The molecule has 1 aromatic carbocycles. The summed E-state index contributed by atoms with van der Waals surface area (Å²) < 4.78 is 3.08. The zero-order chi connectivity index (χ0) is 15.1. The largest absolute Gasteiger partial charge is 0.331 e. The molecule has 2 aromatic rings. The van der Waals surface area contributed by atoms with Crippen LogP contribution in [0.4, 0.5) is 0 Å². The molecule has 0 aliphatic rings. The van der Waals surface area contributed by atoms with E-state index < -0.39 is 0 Å². The van der Waals surface area contributed by atoms with Gasteiger partial charge in [0.15, 0.2) is 0 Å². The highest BCUT2D eigenvalue weighted by molar-refractivity contribution is 14.2. The lowest BCUT2D eigenvalue weighted by Gasteiger charge is -2.09. The molecule has 1 heterocycles. The number of hydrogen-bond donors (Lipinski definition) is 1. The molecule has 0 aliphatic carbocycles. The van der Waals surface area contributed by atoms with Gasteiger partial charge >= 0.3 is 0 Å². The summed E-state index contributed by atoms with van der Waals surface area (Å²) in [6, 6.07) is 2.15. The maximum atomic E-state index is 10.5. The first-order valence-corrected chi connectivity index (χ1v) is 11.1. The van der Waals surface area contributed by atoms with E-state index in [4.69, 9.17) is 5.73 Å². The molecule has 2 N–H and O–H groups in total. The van der Waals surface area contributed by atoms with Gasteiger partial charge in [-0.25, -0.2) is 4.45 Å². The number of rotatable bonds is 4. The lowest BCUT2D eigenvalue weighted by atomic mass is 10.0. The molecule has 0 amide bonds. The third kappa shape index (κ3) is 4.23. The summed E-state index contributed by atoms with van der Waals surface area (Å²) in [5.74, 6) is 0. The van der Waals surface area contributed by atoms with E-state index in [0.717, 1.165) is 34.6 Å². The third-order valence-electron chi connectivity index (χ3n) is 2.73. The molecule has 0 spiro atoms. The highest BCUT2D eigenvalue weighted by Gasteiger charge is 2.12. The minimum atomic E-state index is 0.563. The molecule has 0 bridgehead atoms. The van der Waals surface area contributed by atoms with Gasteiger partial charge in [-0.3, -0.25) is 0 Å². The van der Waals surface area contributed by atoms with E-state index in [1.807, 2.05) is 17.6 Å². The summed E-state index contributed by atoms with van der Waals surface area (Å²) in [4.78, 5) is 10.5. The number of aldehydes is 1. The van der Waals surface area contributed by atoms with Crippen LogP contribution in [0.3, 0.4) is 0 Å². The van der Waals surface area contributed by atoms with Crippen LogP contribution in [-0.4, -0.2) is 22.4 Å². The van der Waals surface area contributed by atoms with Gasteiger partial charge in [0.1, 0.15) is 6.29 Å². The van der Waals surface area contributed by atoms with E-state index in [-0.39, 0.29) is 0 Å². The van der Waals surface area contributed by atoms with Crippen molar-refractivity contribution in [1.29, 1.82) is 0 Å². The van der Waals surface area contributed by atoms with Crippen LogP contribution in [0.5, 0.6) is 0 Å². The minimum Gasteiger partial charge on any atom is -0.331 e. The van der Waals surface area contributed by atoms with Crippen molar-refractivity contribution in [1.82, 2.24) is 9.55 Å². The van der Waals surface area contributed by atoms with Gasteiger partial charge in [-0.2, -0.15) is 5.10 Å². The predicted octanol–water partition coefficient (Wildman–Crippen LogP) is 4.00. The molecule has 1 aromatic heterocycles. The van der Waals surface area contributed by atoms with Crippen molar-refractivity contribution in [3.05, 3.63) is 27.9 Å². The highest BCUT2D eigenvalue weighted by Crippen LogP contribution is 2.35. The van der Waals surface area contributed by atoms with Crippen LogP contribution < -0.4 is 5.73 Å². The summed E-state index contributed by atoms with van der Waals surface area (Å²) in [5.41, 5.74) is 8.42. The number of carbonyl (C=O) groups excluding carboxylic acids is 1. The van der Waals surface area contributed by atoms with Gasteiger partial charge in [0.05, 0.1) is 18.1 Å². The van der Waals surface area contributed by atoms with Crippen LogP contribution in [0.15, 0.2) is 16.7 Å². The van der Waals surface area contributed by atoms with Crippen LogP contribution in [0, 0.1) is 6.92 Å². The topological polar surface area (TPSA) is 60.9 Å². The van der Waals surface area contributed by atoms with Gasteiger partial charge < -0.3 is 10.5 Å². The van der Waals surface area contributed by atoms with E-state index in [2.05, 4.69) is 56.1 Å². The fourth-order valence-electron chi connectivity index (χ4n) is 1.87. The van der Waals surface area contributed by atoms with E-state index >= 15 is 0 Å². The van der Waals surface area contributed by atoms with Crippen LogP contribution >= 0.6 is 44.3 Å². The first-order valence-electron chi connectivity index (χ1n) is 6.26. The monoisotopic (exact) mass is 469 g/mol. The number of aromatic nitrogens is 2. The van der Waals surface area contributed by atoms with Crippen molar-refractivity contribution < 1.29 is 4.79 Å². The van der Waals surface area contributed by atoms with Crippen LogP contribution in [0.25, 0.3) is 10.9 Å². The normalized spacial score (nSPS) is 10.8. The lowest BCUT2D eigenvalue weighted by molar-refractivity contribution is -0.107. The molecule has 0 aliphatic heterocycles. The Morgan fingerprint density at radius 2 is 2.25 bits per heavy atom. The molecule has 110 valence electrons. The second-order valence-corrected chi connectivity index (χ2v) is 7.01. The lowest BCUT2D eigenvalue weighted by Crippen LogP contribution is -1.94. The van der Waals surface area contributed by atoms with E-state index in [1.54, 1.807) is 0 Å². The summed E-state index contributed by atoms with van der Waals surface area (Å²) >= 11 is 5.96. The molecule has 0 saturated carbocycles. The number of nitrogens with two attached hydrogens (primary N) is 1. The van der Waals surface area contributed by atoms with Crippen LogP contribution in [0.2, 0.25) is 0 Å². The van der Waals surface area contributed by atoms with Crippen LogP contribution in [0.1, 0.15) is 24.5 Å². The van der Waals surface area contributed by atoms with E-state index in [9.17, 15) is 4.79 Å². The molecule has 0 saturated heterocycles. The zero-order valence-electron chi connectivity index (χ0n) is 11.5. The van der Waals surface area contributed by atoms with Gasteiger partial charge in [0.2, 0.25) is 0 Å². The number of benzene rings is 1. The fraction of sp³-hybridized carbons (Fsp3) is 0.385. The smallest absolute Gasteiger partial charge is 0.120 e. The number of aryl methyl sites for hydroxylation is 1. The summed E-state index contributed by atoms with van der Waals surface area (Å²) in [5, 5.41) is 5.48. The highest BCUT2D eigenvalue weighted by atomic mass is 127. The van der Waals surface area contributed by atoms with Gasteiger partial charge in [0, 0.05) is 16.3 Å². The number of fused-ring (bicyclic) bond motifs is 1. The standard InChI is InChI=1S/C11H11BrIN2OP.C2H7N/c1-7-5-10-9(6-14-15(10)17-13)11(12)8(7)3-2-4-16;1-2-3/h4-6,17H,2-3H2,1H3;2-3H2,1H3. The Morgan fingerprint density at radius 3 is 2.80 bits per heavy atom. The molecule has 0 fully saturated rings. The maximum absolute atomic E-state index is 10.5. The molecule has 20 heavy (non-hydrogen) atoms. The Balaban J connectivity index is 0.000000612. The average Bonchev–Trinajstić information content (AvgIpc) is 2.82. The molecule has 1 atom stereocenters. The van der Waals surface area contributed by atoms with Gasteiger partial charge in [0.25, 0.3) is 0 Å². The number of hydrogen-bond acceptors (Lipinski definition) is 3. The Kier molecular flexibility index (Phi) is 8.17. The van der Waals surface area contributed by atoms with Gasteiger partial charge in [-0.15, -0.1) is 0 Å². The number of carbonyl (C=O) groups is 1. The second-order valence-electron chi connectivity index (χ2n) is 4.17. The molecule has 4 nitrogen and oxygen atoms in total. The Morgan fingerprint density at radius 1 is 1.60 bits per heavy atom. The molecular weight excluding hydrogens is 452 g/mol. The molecular formula is C13H18BrIN3OP. The first kappa shape index (κ1) is 18.0. The van der Waals surface area contributed by atoms with Gasteiger partial charge in [-0.05, 0) is 75.1 Å². The predicted molar refractivity (Wildman–Crippen MR) is 99.0 cm³/mol. The SMILES string of the molecule is CCN.Cc1cc2c(cnn2PI)c(Br)c1CCC=O. The van der Waals surface area contributed by atoms with Crippen molar-refractivity contribution in [2.75, 3.05) is 6.54 Å². The summed E-state index contributed by atoms with van der Waals surface area (Å²) in [7, 11) is 0. The van der Waals surface area contributed by atoms with Crippen molar-refractivity contribution in [2.24, 2.45) is 5.73 Å². The molecule has 0 radical (unpaired) electrons. The molecule has 1 unspecified atom stereocenters. The fourth-order valence-corrected chi connectivity index (χ4v) is 4.22. The van der Waals surface area contributed by atoms with E-state index in [1.165, 1.54) is 11.1 Å². The van der Waals surface area contributed by atoms with Crippen molar-refractivity contribution in [3.63, 3.8) is 0 Å². The van der Waals surface area contributed by atoms with Crippen molar-refractivity contribution in [2.45, 2.75) is 26.7 Å². The van der Waals surface area contributed by atoms with E-state index in [0.29, 0.717) is 12.8 Å². The maximum Gasteiger partial charge on any atom is 0.120 e. The summed E-state index contributed by atoms with van der Waals surface area (Å²) in [6.45, 7) is 4.73. The average molecular weight is 470 g/mol. The first-order chi connectivity index (χ1) is 9.60. The second kappa shape index (κ2) is 9.07. The van der Waals surface area contributed by atoms with Crippen LogP contribution in [-0.2, 0) is 11.2 Å². The zero-order valence-corrected chi connectivity index (χ0v) is 16.2. The summed E-state index contributed by atoms with van der Waals surface area (Å²) in [6.07, 6.45) is 4.79. The third-order valence-corrected chi connectivity index (χ3v) is 5.52. The Bertz CT molecular complexity index is 588. The molecule has 7 heteroatoms. The number of nitrogens with zero attached hydrogens (tertiary/aromatic N) is 2. The Hall–Kier alpha value is -0.0400. The quantitative estimate of drug-likeness (QED) is 0.418. The number of halogens is 2. The van der Waals surface area contributed by atoms with Crippen molar-refractivity contribution in [3.8, 4) is 0 Å².